The normalized spacial score (nSPS) is 11.8. The van der Waals surface area contributed by atoms with Gasteiger partial charge in [0.2, 0.25) is 5.28 Å². The molecule has 0 saturated heterocycles. The molecule has 22 heavy (non-hydrogen) atoms. The Kier molecular flexibility index (Phi) is 4.10. The lowest BCUT2D eigenvalue weighted by Crippen LogP contribution is -2.19. The molecule has 0 fully saturated rings. The summed E-state index contributed by atoms with van der Waals surface area (Å²) in [6.45, 7) is 0. The van der Waals surface area contributed by atoms with Crippen molar-refractivity contribution in [3.8, 4) is 0 Å². The molecule has 0 saturated carbocycles. The van der Waals surface area contributed by atoms with Crippen molar-refractivity contribution in [3.05, 3.63) is 46.8 Å². The molecule has 0 aliphatic heterocycles. The molecular formula is C13H10ClF3N4O. The summed E-state index contributed by atoms with van der Waals surface area (Å²) in [5.74, 6) is -1.20. The van der Waals surface area contributed by atoms with E-state index in [1.165, 1.54) is 25.2 Å². The number of carbonyl (C=O) groups is 1. The van der Waals surface area contributed by atoms with Gasteiger partial charge in [0.1, 0.15) is 11.4 Å². The molecule has 0 aliphatic carbocycles. The number of aromatic nitrogens is 2. The summed E-state index contributed by atoms with van der Waals surface area (Å²) >= 11 is 5.55. The van der Waals surface area contributed by atoms with E-state index in [0.717, 1.165) is 0 Å². The molecule has 0 aliphatic rings. The fourth-order valence-electron chi connectivity index (χ4n) is 1.65. The molecule has 1 aromatic carbocycles. The van der Waals surface area contributed by atoms with Crippen molar-refractivity contribution in [2.45, 2.75) is 6.18 Å². The van der Waals surface area contributed by atoms with Gasteiger partial charge in [-0.05, 0) is 23.7 Å². The summed E-state index contributed by atoms with van der Waals surface area (Å²) in [6.07, 6.45) is -4.19. The molecule has 2 aromatic rings. The molecule has 0 radical (unpaired) electrons. The van der Waals surface area contributed by atoms with Crippen molar-refractivity contribution >= 4 is 29.0 Å². The van der Waals surface area contributed by atoms with E-state index in [-0.39, 0.29) is 17.3 Å². The summed E-state index contributed by atoms with van der Waals surface area (Å²) in [4.78, 5) is 18.6. The van der Waals surface area contributed by atoms with E-state index in [0.29, 0.717) is 6.20 Å². The maximum Gasteiger partial charge on any atom is 0.421 e. The average molecular weight is 332 g/mol. The largest absolute Gasteiger partial charge is 0.421 e. The summed E-state index contributed by atoms with van der Waals surface area (Å²) < 4.78 is 46.9. The number of para-hydroxylation sites is 1. The van der Waals surface area contributed by atoms with E-state index in [4.69, 9.17) is 13.0 Å². The van der Waals surface area contributed by atoms with Gasteiger partial charge in [-0.15, -0.1) is 0 Å². The minimum Gasteiger partial charge on any atom is -0.355 e. The topological polar surface area (TPSA) is 66.9 Å². The first-order valence-electron chi connectivity index (χ1n) is 6.42. The Labute approximate surface area is 129 Å². The van der Waals surface area contributed by atoms with Gasteiger partial charge in [-0.3, -0.25) is 4.79 Å². The van der Waals surface area contributed by atoms with E-state index in [1.54, 1.807) is 0 Å². The smallest absolute Gasteiger partial charge is 0.355 e. The highest BCUT2D eigenvalue weighted by Crippen LogP contribution is 2.35. The Hall–Kier alpha value is -2.35. The number of rotatable bonds is 3. The molecule has 5 nitrogen and oxygen atoms in total. The molecule has 0 unspecified atom stereocenters. The molecule has 9 heteroatoms. The number of nitrogens with zero attached hydrogens (tertiary/aromatic N) is 2. The van der Waals surface area contributed by atoms with Crippen LogP contribution in [0.4, 0.5) is 24.7 Å². The minimum atomic E-state index is -4.73. The predicted octanol–water partition coefficient (Wildman–Crippen LogP) is 3.25. The minimum absolute atomic E-state index is 0.00265. The zero-order valence-corrected chi connectivity index (χ0v) is 11.9. The van der Waals surface area contributed by atoms with Crippen LogP contribution in [0.5, 0.6) is 0 Å². The van der Waals surface area contributed by atoms with Crippen LogP contribution >= 0.6 is 11.6 Å². The fourth-order valence-corrected chi connectivity index (χ4v) is 1.78. The van der Waals surface area contributed by atoms with Gasteiger partial charge in [0, 0.05) is 13.2 Å². The monoisotopic (exact) mass is 331 g/mol. The number of amides is 1. The van der Waals surface area contributed by atoms with Gasteiger partial charge in [-0.1, -0.05) is 12.1 Å². The van der Waals surface area contributed by atoms with Gasteiger partial charge < -0.3 is 10.6 Å². The van der Waals surface area contributed by atoms with E-state index in [1.807, 2.05) is 0 Å². The van der Waals surface area contributed by atoms with Crippen molar-refractivity contribution < 1.29 is 19.3 Å². The third-order valence-electron chi connectivity index (χ3n) is 2.64. The number of hydrogen-bond acceptors (Lipinski definition) is 4. The second kappa shape index (κ2) is 6.18. The van der Waals surface area contributed by atoms with Gasteiger partial charge in [-0.2, -0.15) is 18.2 Å². The third kappa shape index (κ3) is 3.45. The van der Waals surface area contributed by atoms with Crippen molar-refractivity contribution in [1.29, 1.82) is 0 Å². The van der Waals surface area contributed by atoms with Gasteiger partial charge in [0.25, 0.3) is 5.91 Å². The summed E-state index contributed by atoms with van der Waals surface area (Å²) in [5.41, 5.74) is -1.28. The van der Waals surface area contributed by atoms with Crippen LogP contribution in [0.1, 0.15) is 17.3 Å². The Bertz CT molecular complexity index is 754. The average Bonchev–Trinajstić information content (AvgIpc) is 2.47. The zero-order chi connectivity index (χ0) is 17.2. The lowest BCUT2D eigenvalue weighted by molar-refractivity contribution is -0.137. The van der Waals surface area contributed by atoms with E-state index < -0.39 is 28.7 Å². The fraction of sp³-hybridized carbons (Fsp3) is 0.154. The van der Waals surface area contributed by atoms with Gasteiger partial charge in [-0.25, -0.2) is 4.98 Å². The van der Waals surface area contributed by atoms with Crippen LogP contribution < -0.4 is 10.6 Å². The highest BCUT2D eigenvalue weighted by molar-refractivity contribution is 6.28. The number of halogens is 4. The maximum absolute atomic E-state index is 13.0. The van der Waals surface area contributed by atoms with Gasteiger partial charge in [0.05, 0.1) is 12.6 Å². The Morgan fingerprint density at radius 2 is 2.14 bits per heavy atom. The maximum atomic E-state index is 13.0. The highest BCUT2D eigenvalue weighted by Gasteiger charge is 2.35. The summed E-state index contributed by atoms with van der Waals surface area (Å²) in [7, 11) is 1.37. The predicted molar refractivity (Wildman–Crippen MR) is 75.2 cm³/mol. The number of alkyl halides is 3. The van der Waals surface area contributed by atoms with Crippen molar-refractivity contribution in [2.24, 2.45) is 0 Å². The molecule has 1 amide bonds. The molecule has 1 heterocycles. The summed E-state index contributed by atoms with van der Waals surface area (Å²) in [5, 5.41) is 4.32. The molecule has 0 spiro atoms. The number of carbonyl (C=O) groups excluding carboxylic acids is 1. The lowest BCUT2D eigenvalue weighted by atomic mass is 10.1. The molecule has 116 valence electrons. The first-order valence-corrected chi connectivity index (χ1v) is 6.30. The van der Waals surface area contributed by atoms with Crippen LogP contribution in [-0.4, -0.2) is 22.9 Å². The number of hydrogen-bond donors (Lipinski definition) is 2. The molecule has 0 bridgehead atoms. The Balaban J connectivity index is 2.56. The second-order valence-electron chi connectivity index (χ2n) is 4.06. The van der Waals surface area contributed by atoms with Crippen molar-refractivity contribution in [1.82, 2.24) is 15.3 Å². The quantitative estimate of drug-likeness (QED) is 0.847. The highest BCUT2D eigenvalue weighted by atomic mass is 35.5. The number of nitrogens with one attached hydrogen (secondary N) is 2. The number of benzene rings is 1. The molecular weight excluding hydrogens is 321 g/mol. The number of anilines is 2. The van der Waals surface area contributed by atoms with Crippen LogP contribution in [0.3, 0.4) is 0 Å². The van der Waals surface area contributed by atoms with Crippen LogP contribution in [-0.2, 0) is 6.18 Å². The van der Waals surface area contributed by atoms with Crippen molar-refractivity contribution in [2.75, 3.05) is 12.4 Å². The molecule has 1 aromatic heterocycles. The SMILES string of the molecule is [2H]c1cccc(C(=O)NC)c1Nc1nc(Cl)ncc1C(F)(F)F. The molecule has 2 N–H and O–H groups in total. The van der Waals surface area contributed by atoms with Crippen LogP contribution in [0, 0.1) is 0 Å². The van der Waals surface area contributed by atoms with Crippen LogP contribution in [0.2, 0.25) is 5.28 Å². The first kappa shape index (κ1) is 14.6. The standard InChI is InChI=1S/C13H10ClF3N4O/c1-18-11(22)7-4-2-3-5-9(7)20-10-8(13(15,16)17)6-19-12(14)21-10/h2-6H,1H3,(H,18,22)(H,19,20,21)/i5D. The molecule has 0 atom stereocenters. The van der Waals surface area contributed by atoms with Crippen LogP contribution in [0.25, 0.3) is 0 Å². The Morgan fingerprint density at radius 1 is 1.41 bits per heavy atom. The van der Waals surface area contributed by atoms with Crippen LogP contribution in [0.15, 0.2) is 30.4 Å². The second-order valence-corrected chi connectivity index (χ2v) is 4.40. The third-order valence-corrected chi connectivity index (χ3v) is 2.82. The first-order chi connectivity index (χ1) is 10.7. The van der Waals surface area contributed by atoms with Crippen molar-refractivity contribution in [3.63, 3.8) is 0 Å². The van der Waals surface area contributed by atoms with E-state index in [2.05, 4.69) is 20.6 Å². The lowest BCUT2D eigenvalue weighted by Gasteiger charge is -2.15. The zero-order valence-electron chi connectivity index (χ0n) is 12.1. The Morgan fingerprint density at radius 3 is 2.77 bits per heavy atom. The molecule has 2 rings (SSSR count). The van der Waals surface area contributed by atoms with E-state index >= 15 is 0 Å². The summed E-state index contributed by atoms with van der Waals surface area (Å²) in [6, 6.07) is 3.96. The van der Waals surface area contributed by atoms with Gasteiger partial charge in [0.15, 0.2) is 0 Å². The van der Waals surface area contributed by atoms with E-state index in [9.17, 15) is 18.0 Å². The van der Waals surface area contributed by atoms with Gasteiger partial charge >= 0.3 is 6.18 Å².